The van der Waals surface area contributed by atoms with Gasteiger partial charge in [-0.1, -0.05) is 13.0 Å². The minimum Gasteiger partial charge on any atom is -0.380 e. The largest absolute Gasteiger partial charge is 0.380 e. The molecular formula is C16H20FNO2S. The van der Waals surface area contributed by atoms with Crippen LogP contribution < -0.4 is 5.32 Å². The molecule has 0 bridgehead atoms. The molecule has 21 heavy (non-hydrogen) atoms. The average molecular weight is 309 g/mol. The normalized spacial score (nSPS) is 11.9. The number of hydrogen-bond donors (Lipinski definition) is 1. The summed E-state index contributed by atoms with van der Waals surface area (Å²) >= 11 is 1.31. The molecule has 114 valence electrons. The fourth-order valence-electron chi connectivity index (χ4n) is 2.09. The lowest BCUT2D eigenvalue weighted by Gasteiger charge is -2.24. The Hall–Kier alpha value is -1.46. The van der Waals surface area contributed by atoms with Crippen LogP contribution in [0, 0.1) is 5.82 Å². The first-order chi connectivity index (χ1) is 9.89. The summed E-state index contributed by atoms with van der Waals surface area (Å²) in [7, 11) is 1.54. The summed E-state index contributed by atoms with van der Waals surface area (Å²) in [6.07, 6.45) is 0.817. The highest BCUT2D eigenvalue weighted by molar-refractivity contribution is 7.21. The van der Waals surface area contributed by atoms with Crippen molar-refractivity contribution >= 4 is 27.3 Å². The van der Waals surface area contributed by atoms with E-state index >= 15 is 0 Å². The molecule has 5 heteroatoms. The maximum Gasteiger partial charge on any atom is 0.262 e. The van der Waals surface area contributed by atoms with Crippen LogP contribution in [0.4, 0.5) is 4.39 Å². The first-order valence-corrected chi connectivity index (χ1v) is 7.72. The molecule has 3 nitrogen and oxygen atoms in total. The monoisotopic (exact) mass is 309 g/mol. The van der Waals surface area contributed by atoms with Crippen LogP contribution in [0.2, 0.25) is 0 Å². The quantitative estimate of drug-likeness (QED) is 0.903. The molecule has 0 aliphatic carbocycles. The standard InChI is InChI=1S/C16H20FNO2S/c1-5-16(2,3)18-15(19)14-10(9-20-4)13-11(17)7-6-8-12(13)21-14/h6-8H,5,9H2,1-4H3,(H,18,19). The highest BCUT2D eigenvalue weighted by Gasteiger charge is 2.24. The summed E-state index contributed by atoms with van der Waals surface area (Å²) < 4.78 is 20.0. The lowest BCUT2D eigenvalue weighted by atomic mass is 10.0. The van der Waals surface area contributed by atoms with Gasteiger partial charge in [0.15, 0.2) is 0 Å². The first kappa shape index (κ1) is 15.9. The zero-order valence-electron chi connectivity index (χ0n) is 12.7. The van der Waals surface area contributed by atoms with Crippen LogP contribution in [0.15, 0.2) is 18.2 Å². The molecule has 1 amide bonds. The second-order valence-electron chi connectivity index (χ2n) is 5.65. The molecule has 0 saturated carbocycles. The van der Waals surface area contributed by atoms with Gasteiger partial charge in [-0.05, 0) is 32.4 Å². The van der Waals surface area contributed by atoms with Crippen LogP contribution in [-0.2, 0) is 11.3 Å². The zero-order valence-corrected chi connectivity index (χ0v) is 13.6. The fourth-order valence-corrected chi connectivity index (χ4v) is 3.20. The van der Waals surface area contributed by atoms with Crippen molar-refractivity contribution in [2.45, 2.75) is 39.3 Å². The molecule has 0 spiro atoms. The smallest absolute Gasteiger partial charge is 0.262 e. The number of rotatable bonds is 5. The van der Waals surface area contributed by atoms with E-state index in [1.165, 1.54) is 17.4 Å². The number of carbonyl (C=O) groups is 1. The van der Waals surface area contributed by atoms with Gasteiger partial charge in [0.1, 0.15) is 5.82 Å². The van der Waals surface area contributed by atoms with Crippen molar-refractivity contribution in [2.75, 3.05) is 7.11 Å². The number of thiophene rings is 1. The number of nitrogens with one attached hydrogen (secondary N) is 1. The zero-order chi connectivity index (χ0) is 15.6. The number of fused-ring (bicyclic) bond motifs is 1. The third-order valence-corrected chi connectivity index (χ3v) is 4.79. The van der Waals surface area contributed by atoms with Gasteiger partial charge in [0.25, 0.3) is 5.91 Å². The molecule has 1 aromatic carbocycles. The number of ether oxygens (including phenoxy) is 1. The fraction of sp³-hybridized carbons (Fsp3) is 0.438. The predicted octanol–water partition coefficient (Wildman–Crippen LogP) is 4.11. The molecule has 2 rings (SSSR count). The first-order valence-electron chi connectivity index (χ1n) is 6.91. The lowest BCUT2D eigenvalue weighted by molar-refractivity contribution is 0.0911. The van der Waals surface area contributed by atoms with E-state index in [1.54, 1.807) is 13.2 Å². The summed E-state index contributed by atoms with van der Waals surface area (Å²) in [6, 6.07) is 4.89. The number of halogens is 1. The van der Waals surface area contributed by atoms with E-state index in [9.17, 15) is 9.18 Å². The summed E-state index contributed by atoms with van der Waals surface area (Å²) in [5, 5.41) is 3.48. The molecule has 1 N–H and O–H groups in total. The minimum absolute atomic E-state index is 0.172. The Morgan fingerprint density at radius 1 is 1.43 bits per heavy atom. The van der Waals surface area contributed by atoms with Crippen LogP contribution in [-0.4, -0.2) is 18.6 Å². The average Bonchev–Trinajstić information content (AvgIpc) is 2.79. The van der Waals surface area contributed by atoms with Gasteiger partial charge in [-0.3, -0.25) is 4.79 Å². The molecule has 0 unspecified atom stereocenters. The minimum atomic E-state index is -0.315. The van der Waals surface area contributed by atoms with E-state index in [1.807, 2.05) is 26.8 Å². The van der Waals surface area contributed by atoms with Crippen molar-refractivity contribution in [1.29, 1.82) is 0 Å². The Kier molecular flexibility index (Phi) is 4.64. The van der Waals surface area contributed by atoms with Crippen molar-refractivity contribution in [2.24, 2.45) is 0 Å². The molecular weight excluding hydrogens is 289 g/mol. The molecule has 0 atom stereocenters. The number of amides is 1. The van der Waals surface area contributed by atoms with Crippen LogP contribution in [0.3, 0.4) is 0 Å². The Morgan fingerprint density at radius 2 is 2.14 bits per heavy atom. The van der Waals surface area contributed by atoms with E-state index in [0.29, 0.717) is 15.8 Å². The third kappa shape index (κ3) is 3.24. The van der Waals surface area contributed by atoms with Crippen LogP contribution >= 0.6 is 11.3 Å². The van der Waals surface area contributed by atoms with Gasteiger partial charge in [-0.15, -0.1) is 11.3 Å². The number of hydrogen-bond acceptors (Lipinski definition) is 3. The van der Waals surface area contributed by atoms with Gasteiger partial charge < -0.3 is 10.1 Å². The van der Waals surface area contributed by atoms with Gasteiger partial charge in [0.2, 0.25) is 0 Å². The van der Waals surface area contributed by atoms with Gasteiger partial charge in [0.05, 0.1) is 11.5 Å². The van der Waals surface area contributed by atoms with Gasteiger partial charge in [-0.25, -0.2) is 4.39 Å². The van der Waals surface area contributed by atoms with Gasteiger partial charge in [-0.2, -0.15) is 0 Å². The molecule has 0 saturated heterocycles. The van der Waals surface area contributed by atoms with Gasteiger partial charge in [0, 0.05) is 28.3 Å². The highest BCUT2D eigenvalue weighted by Crippen LogP contribution is 2.34. The van der Waals surface area contributed by atoms with E-state index < -0.39 is 0 Å². The predicted molar refractivity (Wildman–Crippen MR) is 84.3 cm³/mol. The molecule has 0 radical (unpaired) electrons. The molecule has 0 aliphatic rings. The maximum absolute atomic E-state index is 14.1. The second-order valence-corrected chi connectivity index (χ2v) is 6.70. The number of carbonyl (C=O) groups excluding carboxylic acids is 1. The summed E-state index contributed by atoms with van der Waals surface area (Å²) in [4.78, 5) is 13.0. The Bertz CT molecular complexity index is 664. The van der Waals surface area contributed by atoms with Crippen molar-refractivity contribution in [3.8, 4) is 0 Å². The summed E-state index contributed by atoms with van der Waals surface area (Å²) in [5.74, 6) is -0.487. The summed E-state index contributed by atoms with van der Waals surface area (Å²) in [5.41, 5.74) is 0.330. The number of methoxy groups -OCH3 is 1. The molecule has 2 aromatic rings. The van der Waals surface area contributed by atoms with Crippen LogP contribution in [0.1, 0.15) is 42.4 Å². The Labute approximate surface area is 128 Å². The maximum atomic E-state index is 14.1. The van der Waals surface area contributed by atoms with E-state index in [2.05, 4.69) is 5.32 Å². The molecule has 0 fully saturated rings. The Balaban J connectivity index is 2.50. The van der Waals surface area contributed by atoms with Crippen molar-refractivity contribution in [3.05, 3.63) is 34.5 Å². The molecule has 0 aliphatic heterocycles. The van der Waals surface area contributed by atoms with Gasteiger partial charge >= 0.3 is 0 Å². The van der Waals surface area contributed by atoms with Crippen molar-refractivity contribution in [3.63, 3.8) is 0 Å². The highest BCUT2D eigenvalue weighted by atomic mass is 32.1. The van der Waals surface area contributed by atoms with E-state index in [4.69, 9.17) is 4.74 Å². The molecule has 1 aromatic heterocycles. The van der Waals surface area contributed by atoms with E-state index in [0.717, 1.165) is 11.1 Å². The third-order valence-electron chi connectivity index (χ3n) is 3.59. The second kappa shape index (κ2) is 6.12. The van der Waals surface area contributed by atoms with E-state index in [-0.39, 0.29) is 23.9 Å². The Morgan fingerprint density at radius 3 is 2.76 bits per heavy atom. The molecule has 1 heterocycles. The van der Waals surface area contributed by atoms with Crippen LogP contribution in [0.5, 0.6) is 0 Å². The SMILES string of the molecule is CCC(C)(C)NC(=O)c1sc2cccc(F)c2c1COC. The number of benzene rings is 1. The van der Waals surface area contributed by atoms with Crippen LogP contribution in [0.25, 0.3) is 10.1 Å². The van der Waals surface area contributed by atoms with Crippen molar-refractivity contribution < 1.29 is 13.9 Å². The topological polar surface area (TPSA) is 38.3 Å². The van der Waals surface area contributed by atoms with Crippen molar-refractivity contribution in [1.82, 2.24) is 5.32 Å². The lowest BCUT2D eigenvalue weighted by Crippen LogP contribution is -2.42. The summed E-state index contributed by atoms with van der Waals surface area (Å²) in [6.45, 7) is 6.17.